The first-order valence-electron chi connectivity index (χ1n) is 10.1. The average molecular weight is 495 g/mol. The number of aromatic nitrogens is 1. The number of benzene rings is 1. The van der Waals surface area contributed by atoms with Crippen LogP contribution in [0.5, 0.6) is 0 Å². The van der Waals surface area contributed by atoms with Crippen LogP contribution in [0.3, 0.4) is 0 Å². The van der Waals surface area contributed by atoms with Crippen LogP contribution in [0.25, 0.3) is 0 Å². The number of non-ortho nitro benzene ring substituents is 1. The van der Waals surface area contributed by atoms with Crippen LogP contribution in [0.1, 0.15) is 10.5 Å². The fourth-order valence-electron chi connectivity index (χ4n) is 3.66. The topological polar surface area (TPSA) is 166 Å². The molecule has 0 aliphatic carbocycles. The van der Waals surface area contributed by atoms with Gasteiger partial charge in [-0.3, -0.25) is 24.0 Å². The van der Waals surface area contributed by atoms with Crippen LogP contribution < -0.4 is 9.80 Å². The molecule has 34 heavy (non-hydrogen) atoms. The van der Waals surface area contributed by atoms with Crippen LogP contribution in [-0.2, 0) is 19.0 Å². The lowest BCUT2D eigenvalue weighted by atomic mass is 10.1. The van der Waals surface area contributed by atoms with Crippen LogP contribution in [-0.4, -0.2) is 86.9 Å². The molecule has 2 aromatic rings. The molecule has 15 heteroatoms. The Hall–Kier alpha value is -3.72. The minimum Gasteiger partial charge on any atom is -0.452 e. The lowest BCUT2D eigenvalue weighted by molar-refractivity contribution is -0.384. The number of carbonyl (C=O) groups excluding carboxylic acids is 2. The molecule has 1 aromatic carbocycles. The van der Waals surface area contributed by atoms with E-state index in [0.29, 0.717) is 5.69 Å². The van der Waals surface area contributed by atoms with Crippen molar-refractivity contribution in [3.05, 3.63) is 46.3 Å². The number of methoxy groups -OCH3 is 1. The van der Waals surface area contributed by atoms with Crippen molar-refractivity contribution in [1.82, 2.24) is 9.88 Å². The van der Waals surface area contributed by atoms with Gasteiger partial charge in [-0.1, -0.05) is 0 Å². The van der Waals surface area contributed by atoms with Gasteiger partial charge in [0.25, 0.3) is 27.7 Å². The van der Waals surface area contributed by atoms with Gasteiger partial charge in [-0.05, 0) is 12.1 Å². The largest absolute Gasteiger partial charge is 0.452 e. The van der Waals surface area contributed by atoms with Gasteiger partial charge in [0.2, 0.25) is 0 Å². The van der Waals surface area contributed by atoms with Gasteiger partial charge in [0.1, 0.15) is 12.4 Å². The van der Waals surface area contributed by atoms with Crippen molar-refractivity contribution in [3.8, 4) is 0 Å². The lowest BCUT2D eigenvalue weighted by Crippen LogP contribution is -2.62. The fourth-order valence-corrected chi connectivity index (χ4v) is 4.27. The predicted molar refractivity (Wildman–Crippen MR) is 116 cm³/mol. The number of likely N-dealkylation sites (tertiary alicyclic amines) is 1. The number of anilines is 2. The van der Waals surface area contributed by atoms with Gasteiger partial charge in [0, 0.05) is 30.9 Å². The first kappa shape index (κ1) is 23.4. The molecule has 2 fully saturated rings. The third-order valence-electron chi connectivity index (χ3n) is 5.37. The number of rotatable bonds is 7. The molecule has 1 aromatic heterocycles. The van der Waals surface area contributed by atoms with Crippen LogP contribution >= 0.6 is 0 Å². The number of nitro groups is 1. The van der Waals surface area contributed by atoms with Crippen molar-refractivity contribution >= 4 is 39.5 Å². The maximum absolute atomic E-state index is 12.8. The molecule has 0 radical (unpaired) electrons. The third-order valence-corrected chi connectivity index (χ3v) is 5.99. The summed E-state index contributed by atoms with van der Waals surface area (Å²) >= 11 is 0. The zero-order valence-corrected chi connectivity index (χ0v) is 19.0. The van der Waals surface area contributed by atoms with E-state index in [-0.39, 0.29) is 43.6 Å². The molecule has 2 amide bonds. The molecule has 0 bridgehead atoms. The first-order chi connectivity index (χ1) is 16.1. The van der Waals surface area contributed by atoms with E-state index < -0.39 is 39.2 Å². The monoisotopic (exact) mass is 495 g/mol. The third kappa shape index (κ3) is 4.79. The zero-order valence-electron chi connectivity index (χ0n) is 18.2. The van der Waals surface area contributed by atoms with Gasteiger partial charge in [0.15, 0.2) is 5.69 Å². The van der Waals surface area contributed by atoms with Crippen molar-refractivity contribution < 1.29 is 36.3 Å². The molecular weight excluding hydrogens is 474 g/mol. The van der Waals surface area contributed by atoms with Crippen LogP contribution in [0, 0.1) is 10.1 Å². The highest BCUT2D eigenvalue weighted by Crippen LogP contribution is 2.28. The summed E-state index contributed by atoms with van der Waals surface area (Å²) in [5.41, 5.74) is 0.361. The maximum atomic E-state index is 12.8. The minimum atomic E-state index is -3.56. The highest BCUT2D eigenvalue weighted by Gasteiger charge is 2.40. The number of hydrogen-bond acceptors (Lipinski definition) is 11. The van der Waals surface area contributed by atoms with Crippen molar-refractivity contribution in [3.63, 3.8) is 0 Å². The van der Waals surface area contributed by atoms with Crippen molar-refractivity contribution in [1.29, 1.82) is 0 Å². The smallest absolute Gasteiger partial charge is 0.414 e. The SMILES string of the molecule is COC(=O)N(c1ccc([N+](=O)[O-])cc1)C1CN(C(=O)c2coc(N3CC(OS(C)(=O)=O)C3)n2)C1. The Bertz CT molecular complexity index is 1200. The van der Waals surface area contributed by atoms with Crippen LogP contribution in [0.4, 0.5) is 22.2 Å². The van der Waals surface area contributed by atoms with E-state index >= 15 is 0 Å². The molecule has 0 spiro atoms. The van der Waals surface area contributed by atoms with Gasteiger partial charge in [0.05, 0.1) is 37.4 Å². The molecule has 0 unspecified atom stereocenters. The van der Waals surface area contributed by atoms with Crippen LogP contribution in [0.2, 0.25) is 0 Å². The molecule has 0 saturated carbocycles. The molecule has 2 saturated heterocycles. The molecule has 0 atom stereocenters. The second-order valence-corrected chi connectivity index (χ2v) is 9.42. The molecule has 14 nitrogen and oxygen atoms in total. The highest BCUT2D eigenvalue weighted by molar-refractivity contribution is 7.86. The van der Waals surface area contributed by atoms with E-state index in [1.807, 2.05) is 0 Å². The predicted octanol–water partition coefficient (Wildman–Crippen LogP) is 0.845. The van der Waals surface area contributed by atoms with E-state index in [1.165, 1.54) is 47.4 Å². The molecule has 2 aliphatic heterocycles. The molecule has 2 aliphatic rings. The van der Waals surface area contributed by atoms with E-state index in [2.05, 4.69) is 4.98 Å². The second-order valence-electron chi connectivity index (χ2n) is 7.82. The number of oxazole rings is 1. The normalized spacial score (nSPS) is 16.5. The maximum Gasteiger partial charge on any atom is 0.414 e. The lowest BCUT2D eigenvalue weighted by Gasteiger charge is -2.44. The summed E-state index contributed by atoms with van der Waals surface area (Å²) in [5, 5.41) is 10.9. The average Bonchev–Trinajstić information content (AvgIpc) is 3.20. The van der Waals surface area contributed by atoms with Gasteiger partial charge < -0.3 is 19.0 Å². The first-order valence-corrected chi connectivity index (χ1v) is 11.9. The standard InChI is InChI=1S/C19H21N5O9S/c1-31-19(26)23(12-3-5-13(6-4-12)24(27)28)14-7-21(8-14)17(25)16-11-32-18(20-16)22-9-15(10-22)33-34(2,29)30/h3-6,11,14-15H,7-10H2,1-2H3. The van der Waals surface area contributed by atoms with Crippen molar-refractivity contribution in [2.75, 3.05) is 49.3 Å². The summed E-state index contributed by atoms with van der Waals surface area (Å²) < 4.78 is 37.4. The number of amides is 2. The fraction of sp³-hybridized carbons (Fsp3) is 0.421. The van der Waals surface area contributed by atoms with E-state index in [1.54, 1.807) is 4.90 Å². The molecule has 3 heterocycles. The summed E-state index contributed by atoms with van der Waals surface area (Å²) in [6.45, 7) is 0.912. The van der Waals surface area contributed by atoms with Gasteiger partial charge in [-0.25, -0.2) is 4.79 Å². The van der Waals surface area contributed by atoms with Gasteiger partial charge in [-0.2, -0.15) is 13.4 Å². The van der Waals surface area contributed by atoms with E-state index in [0.717, 1.165) is 6.26 Å². The molecule has 0 N–H and O–H groups in total. The number of ether oxygens (including phenoxy) is 1. The molecule has 4 rings (SSSR count). The Kier molecular flexibility index (Phi) is 6.14. The molecular formula is C19H21N5O9S. The van der Waals surface area contributed by atoms with Crippen molar-refractivity contribution in [2.45, 2.75) is 12.1 Å². The number of nitrogens with zero attached hydrogens (tertiary/aromatic N) is 5. The Morgan fingerprint density at radius 2 is 1.85 bits per heavy atom. The van der Waals surface area contributed by atoms with E-state index in [4.69, 9.17) is 13.3 Å². The highest BCUT2D eigenvalue weighted by atomic mass is 32.2. The van der Waals surface area contributed by atoms with E-state index in [9.17, 15) is 28.1 Å². The summed E-state index contributed by atoms with van der Waals surface area (Å²) in [6, 6.07) is 5.23. The Morgan fingerprint density at radius 3 is 2.41 bits per heavy atom. The quantitative estimate of drug-likeness (QED) is 0.303. The minimum absolute atomic E-state index is 0.0703. The second kappa shape index (κ2) is 8.90. The summed E-state index contributed by atoms with van der Waals surface area (Å²) in [5.74, 6) is -0.399. The zero-order chi connectivity index (χ0) is 24.6. The van der Waals surface area contributed by atoms with Gasteiger partial charge >= 0.3 is 6.09 Å². The Labute approximate surface area is 193 Å². The molecule has 182 valence electrons. The Morgan fingerprint density at radius 1 is 1.21 bits per heavy atom. The summed E-state index contributed by atoms with van der Waals surface area (Å²) in [7, 11) is -2.33. The Balaban J connectivity index is 1.36. The van der Waals surface area contributed by atoms with Crippen LogP contribution in [0.15, 0.2) is 34.9 Å². The summed E-state index contributed by atoms with van der Waals surface area (Å²) in [4.78, 5) is 44.0. The van der Waals surface area contributed by atoms with Crippen molar-refractivity contribution in [2.24, 2.45) is 0 Å². The van der Waals surface area contributed by atoms with Gasteiger partial charge in [-0.15, -0.1) is 0 Å². The summed E-state index contributed by atoms with van der Waals surface area (Å²) in [6.07, 6.45) is 1.03. The number of carbonyl (C=O) groups is 2. The number of nitro benzene ring substituents is 1. The number of hydrogen-bond donors (Lipinski definition) is 0.